The van der Waals surface area contributed by atoms with Crippen molar-refractivity contribution < 1.29 is 8.42 Å². The summed E-state index contributed by atoms with van der Waals surface area (Å²) in [5.41, 5.74) is -0.199. The average molecular weight is 262 g/mol. The van der Waals surface area contributed by atoms with Crippen molar-refractivity contribution in [2.24, 2.45) is 0 Å². The molecule has 17 heavy (non-hydrogen) atoms. The van der Waals surface area contributed by atoms with Crippen molar-refractivity contribution in [2.75, 3.05) is 18.8 Å². The zero-order valence-corrected chi connectivity index (χ0v) is 11.9. The molecule has 5 heteroatoms. The number of hydrogen-bond donors (Lipinski definition) is 2. The Hall–Kier alpha value is -0.130. The van der Waals surface area contributed by atoms with Crippen LogP contribution in [0.15, 0.2) is 0 Å². The fraction of sp³-hybridized carbons (Fsp3) is 1.00. The third-order valence-electron chi connectivity index (χ3n) is 3.38. The van der Waals surface area contributed by atoms with Crippen LogP contribution in [0.2, 0.25) is 0 Å². The smallest absolute Gasteiger partial charge is 0.212 e. The molecule has 0 amide bonds. The fourth-order valence-electron chi connectivity index (χ4n) is 2.42. The second kappa shape index (κ2) is 6.71. The molecule has 0 aromatic rings. The van der Waals surface area contributed by atoms with Gasteiger partial charge in [-0.25, -0.2) is 13.1 Å². The molecule has 2 N–H and O–H groups in total. The Morgan fingerprint density at radius 1 is 1.18 bits per heavy atom. The van der Waals surface area contributed by atoms with Crippen LogP contribution in [0.3, 0.4) is 0 Å². The summed E-state index contributed by atoms with van der Waals surface area (Å²) < 4.78 is 26.7. The Kier molecular flexibility index (Phi) is 5.89. The van der Waals surface area contributed by atoms with Gasteiger partial charge in [0.15, 0.2) is 0 Å². The minimum absolute atomic E-state index is 0.199. The molecule has 0 saturated heterocycles. The SMILES string of the molecule is CCNCCCS(=O)(=O)NC1(C)CCCCC1. The van der Waals surface area contributed by atoms with Gasteiger partial charge in [-0.1, -0.05) is 26.2 Å². The van der Waals surface area contributed by atoms with Crippen molar-refractivity contribution >= 4 is 10.0 Å². The highest BCUT2D eigenvalue weighted by Gasteiger charge is 2.30. The molecule has 0 aromatic carbocycles. The maximum atomic E-state index is 11.9. The molecule has 0 unspecified atom stereocenters. The van der Waals surface area contributed by atoms with Gasteiger partial charge in [0.2, 0.25) is 10.0 Å². The van der Waals surface area contributed by atoms with Crippen LogP contribution in [0.25, 0.3) is 0 Å². The predicted octanol–water partition coefficient (Wildman–Crippen LogP) is 1.63. The van der Waals surface area contributed by atoms with E-state index in [-0.39, 0.29) is 11.3 Å². The number of hydrogen-bond acceptors (Lipinski definition) is 3. The van der Waals surface area contributed by atoms with Gasteiger partial charge in [0.1, 0.15) is 0 Å². The van der Waals surface area contributed by atoms with E-state index >= 15 is 0 Å². The molecule has 0 radical (unpaired) electrons. The monoisotopic (exact) mass is 262 g/mol. The molecule has 1 rings (SSSR count). The Labute approximate surface area is 106 Å². The normalized spacial score (nSPS) is 20.4. The van der Waals surface area contributed by atoms with Crippen molar-refractivity contribution in [3.05, 3.63) is 0 Å². The quantitative estimate of drug-likeness (QED) is 0.686. The van der Waals surface area contributed by atoms with E-state index in [0.717, 1.165) is 38.8 Å². The molecular formula is C12H26N2O2S. The predicted molar refractivity (Wildman–Crippen MR) is 71.6 cm³/mol. The van der Waals surface area contributed by atoms with Crippen molar-refractivity contribution in [1.29, 1.82) is 0 Å². The van der Waals surface area contributed by atoms with Gasteiger partial charge in [0.25, 0.3) is 0 Å². The summed E-state index contributed by atoms with van der Waals surface area (Å²) in [5, 5.41) is 3.14. The molecule has 0 aromatic heterocycles. The highest BCUT2D eigenvalue weighted by molar-refractivity contribution is 7.89. The third kappa shape index (κ3) is 5.84. The van der Waals surface area contributed by atoms with Gasteiger partial charge in [-0.15, -0.1) is 0 Å². The second-order valence-electron chi connectivity index (χ2n) is 5.25. The van der Waals surface area contributed by atoms with Crippen LogP contribution in [-0.4, -0.2) is 32.8 Å². The van der Waals surface area contributed by atoms with E-state index < -0.39 is 10.0 Å². The lowest BCUT2D eigenvalue weighted by Crippen LogP contribution is -2.48. The summed E-state index contributed by atoms with van der Waals surface area (Å²) in [4.78, 5) is 0. The van der Waals surface area contributed by atoms with Gasteiger partial charge in [0.05, 0.1) is 5.75 Å². The van der Waals surface area contributed by atoms with Crippen LogP contribution in [0, 0.1) is 0 Å². The highest BCUT2D eigenvalue weighted by atomic mass is 32.2. The van der Waals surface area contributed by atoms with Crippen LogP contribution < -0.4 is 10.0 Å². The zero-order chi connectivity index (χ0) is 12.8. The lowest BCUT2D eigenvalue weighted by Gasteiger charge is -2.34. The molecule has 0 aliphatic heterocycles. The largest absolute Gasteiger partial charge is 0.317 e. The molecule has 4 nitrogen and oxygen atoms in total. The molecule has 0 bridgehead atoms. The molecular weight excluding hydrogens is 236 g/mol. The molecule has 1 fully saturated rings. The van der Waals surface area contributed by atoms with Crippen molar-refractivity contribution in [1.82, 2.24) is 10.0 Å². The fourth-order valence-corrected chi connectivity index (χ4v) is 4.01. The molecule has 0 spiro atoms. The Morgan fingerprint density at radius 3 is 2.41 bits per heavy atom. The average Bonchev–Trinajstić information content (AvgIpc) is 2.24. The summed E-state index contributed by atoms with van der Waals surface area (Å²) in [7, 11) is -3.11. The van der Waals surface area contributed by atoms with Gasteiger partial charge in [0, 0.05) is 5.54 Å². The van der Waals surface area contributed by atoms with Gasteiger partial charge in [-0.3, -0.25) is 0 Å². The first-order chi connectivity index (χ1) is 7.97. The van der Waals surface area contributed by atoms with Crippen molar-refractivity contribution in [2.45, 2.75) is 57.9 Å². The molecule has 0 atom stereocenters. The van der Waals surface area contributed by atoms with Gasteiger partial charge in [-0.2, -0.15) is 0 Å². The summed E-state index contributed by atoms with van der Waals surface area (Å²) in [6.45, 7) is 5.73. The standard InChI is InChI=1S/C12H26N2O2S/c1-3-13-10-7-11-17(15,16)14-12(2)8-5-4-6-9-12/h13-14H,3-11H2,1-2H3. The summed E-state index contributed by atoms with van der Waals surface area (Å²) in [6.07, 6.45) is 6.13. The molecule has 102 valence electrons. The lowest BCUT2D eigenvalue weighted by atomic mass is 9.84. The van der Waals surface area contributed by atoms with E-state index in [1.165, 1.54) is 6.42 Å². The topological polar surface area (TPSA) is 58.2 Å². The van der Waals surface area contributed by atoms with E-state index in [9.17, 15) is 8.42 Å². The van der Waals surface area contributed by atoms with Crippen LogP contribution in [0.1, 0.15) is 52.4 Å². The Balaban J connectivity index is 2.37. The Bertz CT molecular complexity index is 308. The zero-order valence-electron chi connectivity index (χ0n) is 11.1. The minimum Gasteiger partial charge on any atom is -0.317 e. The van der Waals surface area contributed by atoms with Gasteiger partial charge in [-0.05, 0) is 39.3 Å². The van der Waals surface area contributed by atoms with E-state index in [4.69, 9.17) is 0 Å². The first-order valence-electron chi connectivity index (χ1n) is 6.70. The molecule has 1 aliphatic carbocycles. The third-order valence-corrected chi connectivity index (χ3v) is 5.01. The second-order valence-corrected chi connectivity index (χ2v) is 7.09. The van der Waals surface area contributed by atoms with E-state index in [1.807, 2.05) is 13.8 Å². The summed E-state index contributed by atoms with van der Waals surface area (Å²) in [6, 6.07) is 0. The van der Waals surface area contributed by atoms with E-state index in [0.29, 0.717) is 6.42 Å². The van der Waals surface area contributed by atoms with Crippen LogP contribution in [0.4, 0.5) is 0 Å². The molecule has 1 aliphatic rings. The van der Waals surface area contributed by atoms with Crippen LogP contribution >= 0.6 is 0 Å². The van der Waals surface area contributed by atoms with Gasteiger partial charge < -0.3 is 5.32 Å². The maximum absolute atomic E-state index is 11.9. The van der Waals surface area contributed by atoms with Crippen LogP contribution in [-0.2, 0) is 10.0 Å². The molecule has 0 heterocycles. The van der Waals surface area contributed by atoms with E-state index in [1.54, 1.807) is 0 Å². The summed E-state index contributed by atoms with van der Waals surface area (Å²) >= 11 is 0. The first kappa shape index (κ1) is 14.9. The van der Waals surface area contributed by atoms with Crippen LogP contribution in [0.5, 0.6) is 0 Å². The lowest BCUT2D eigenvalue weighted by molar-refractivity contribution is 0.294. The number of nitrogens with one attached hydrogen (secondary N) is 2. The highest BCUT2D eigenvalue weighted by Crippen LogP contribution is 2.28. The van der Waals surface area contributed by atoms with Crippen molar-refractivity contribution in [3.8, 4) is 0 Å². The Morgan fingerprint density at radius 2 is 1.82 bits per heavy atom. The van der Waals surface area contributed by atoms with Crippen molar-refractivity contribution in [3.63, 3.8) is 0 Å². The first-order valence-corrected chi connectivity index (χ1v) is 8.35. The maximum Gasteiger partial charge on any atom is 0.212 e. The number of rotatable bonds is 7. The summed E-state index contributed by atoms with van der Waals surface area (Å²) in [5.74, 6) is 0.232. The number of sulfonamides is 1. The minimum atomic E-state index is -3.11. The van der Waals surface area contributed by atoms with Gasteiger partial charge >= 0.3 is 0 Å². The molecule has 1 saturated carbocycles. The van der Waals surface area contributed by atoms with E-state index in [2.05, 4.69) is 10.0 Å².